The van der Waals surface area contributed by atoms with E-state index >= 15 is 0 Å². The Labute approximate surface area is 226 Å². The minimum Gasteiger partial charge on any atom is -0.494 e. The first kappa shape index (κ1) is 28.3. The van der Waals surface area contributed by atoms with Crippen molar-refractivity contribution >= 4 is 11.6 Å². The third-order valence-electron chi connectivity index (χ3n) is 7.25. The van der Waals surface area contributed by atoms with Crippen LogP contribution in [0.1, 0.15) is 69.6 Å². The number of hydrogen-bond acceptors (Lipinski definition) is 6. The van der Waals surface area contributed by atoms with Crippen molar-refractivity contribution in [2.45, 2.75) is 82.9 Å². The van der Waals surface area contributed by atoms with Crippen LogP contribution in [-0.2, 0) is 31.2 Å². The van der Waals surface area contributed by atoms with Gasteiger partial charge in [-0.3, -0.25) is 0 Å². The molecule has 2 aromatic carbocycles. The summed E-state index contributed by atoms with van der Waals surface area (Å²) in [5.41, 5.74) is 2.02. The number of benzene rings is 2. The number of unbranched alkanes of at least 4 members (excludes halogenated alkanes) is 2. The predicted octanol–water partition coefficient (Wildman–Crippen LogP) is 6.03. The third-order valence-corrected chi connectivity index (χ3v) is 7.62. The maximum atomic E-state index is 10.5. The summed E-state index contributed by atoms with van der Waals surface area (Å²) in [6, 6.07) is 14.0. The molecule has 0 aromatic heterocycles. The van der Waals surface area contributed by atoms with Crippen molar-refractivity contribution < 1.29 is 28.8 Å². The van der Waals surface area contributed by atoms with E-state index in [0.717, 1.165) is 48.1 Å². The molecule has 4 rings (SSSR count). The van der Waals surface area contributed by atoms with Crippen LogP contribution in [0.5, 0.6) is 5.75 Å². The molecule has 2 aromatic rings. The number of aliphatic hydroxyl groups is 1. The van der Waals surface area contributed by atoms with Gasteiger partial charge in [0.15, 0.2) is 5.79 Å². The van der Waals surface area contributed by atoms with Gasteiger partial charge in [0.1, 0.15) is 17.5 Å². The van der Waals surface area contributed by atoms with Crippen LogP contribution in [0, 0.1) is 0 Å². The van der Waals surface area contributed by atoms with Crippen molar-refractivity contribution in [3.05, 3.63) is 64.2 Å². The molecule has 0 saturated carbocycles. The highest BCUT2D eigenvalue weighted by molar-refractivity contribution is 6.31. The zero-order valence-electron chi connectivity index (χ0n) is 22.3. The minimum absolute atomic E-state index is 0.203. The highest BCUT2D eigenvalue weighted by Gasteiger charge is 2.63. The van der Waals surface area contributed by atoms with Gasteiger partial charge in [0, 0.05) is 30.2 Å². The van der Waals surface area contributed by atoms with Gasteiger partial charge in [0.05, 0.1) is 25.9 Å². The van der Waals surface area contributed by atoms with E-state index in [-0.39, 0.29) is 19.3 Å². The van der Waals surface area contributed by atoms with E-state index in [4.69, 9.17) is 35.3 Å². The molecule has 2 bridgehead atoms. The number of ether oxygens (including phenoxy) is 5. The topological polar surface area (TPSA) is 66.4 Å². The number of hydrogen-bond donors (Lipinski definition) is 1. The van der Waals surface area contributed by atoms with E-state index in [1.807, 2.05) is 31.2 Å². The zero-order valence-corrected chi connectivity index (χ0v) is 23.1. The van der Waals surface area contributed by atoms with Gasteiger partial charge in [0.2, 0.25) is 0 Å². The Morgan fingerprint density at radius 3 is 2.41 bits per heavy atom. The SMILES string of the molecule is CCCCO[C@@H]1C[C@@]2(c3ccc(Cl)c(Cc4ccc(OCC)cc4)c3)OC[C@](CO)(O2)[C@H]1OCCCC. The summed E-state index contributed by atoms with van der Waals surface area (Å²) in [7, 11) is 0. The molecule has 0 aliphatic carbocycles. The van der Waals surface area contributed by atoms with Gasteiger partial charge in [-0.2, -0.15) is 0 Å². The van der Waals surface area contributed by atoms with Gasteiger partial charge >= 0.3 is 0 Å². The van der Waals surface area contributed by atoms with Crippen molar-refractivity contribution in [1.82, 2.24) is 0 Å². The van der Waals surface area contributed by atoms with E-state index in [1.54, 1.807) is 0 Å². The molecule has 0 spiro atoms. The van der Waals surface area contributed by atoms with Crippen molar-refractivity contribution in [3.8, 4) is 5.75 Å². The van der Waals surface area contributed by atoms with Gasteiger partial charge in [-0.1, -0.05) is 56.5 Å². The molecule has 7 heteroatoms. The van der Waals surface area contributed by atoms with Crippen LogP contribution in [0.3, 0.4) is 0 Å². The van der Waals surface area contributed by atoms with Gasteiger partial charge in [0.25, 0.3) is 0 Å². The summed E-state index contributed by atoms with van der Waals surface area (Å²) in [5, 5.41) is 11.2. The molecule has 2 fully saturated rings. The van der Waals surface area contributed by atoms with E-state index in [9.17, 15) is 5.11 Å². The smallest absolute Gasteiger partial charge is 0.198 e. The predicted molar refractivity (Wildman–Crippen MR) is 144 cm³/mol. The fraction of sp³-hybridized carbons (Fsp3) is 0.600. The number of fused-ring (bicyclic) bond motifs is 2. The summed E-state index contributed by atoms with van der Waals surface area (Å²) in [6.45, 7) is 8.16. The van der Waals surface area contributed by atoms with Crippen LogP contribution in [-0.4, -0.2) is 55.9 Å². The van der Waals surface area contributed by atoms with Gasteiger partial charge in [-0.05, 0) is 61.6 Å². The molecule has 2 aliphatic heterocycles. The normalized spacial score (nSPS) is 26.9. The molecule has 6 nitrogen and oxygen atoms in total. The monoisotopic (exact) mass is 532 g/mol. The molecule has 204 valence electrons. The van der Waals surface area contributed by atoms with Crippen molar-refractivity contribution in [3.63, 3.8) is 0 Å². The first-order valence-electron chi connectivity index (χ1n) is 13.7. The van der Waals surface area contributed by atoms with Crippen LogP contribution in [0.2, 0.25) is 5.02 Å². The molecule has 2 aliphatic rings. The molecule has 0 amide bonds. The zero-order chi connectivity index (χ0) is 26.3. The Balaban J connectivity index is 1.60. The largest absolute Gasteiger partial charge is 0.494 e. The Morgan fingerprint density at radius 2 is 1.73 bits per heavy atom. The fourth-order valence-corrected chi connectivity index (χ4v) is 5.37. The van der Waals surface area contributed by atoms with Crippen molar-refractivity contribution in [2.75, 3.05) is 33.0 Å². The third kappa shape index (κ3) is 6.32. The van der Waals surface area contributed by atoms with E-state index in [1.165, 1.54) is 0 Å². The lowest BCUT2D eigenvalue weighted by atomic mass is 9.85. The quantitative estimate of drug-likeness (QED) is 0.299. The molecule has 2 heterocycles. The average Bonchev–Trinajstić information content (AvgIpc) is 3.24. The second kappa shape index (κ2) is 12.9. The van der Waals surface area contributed by atoms with Crippen LogP contribution < -0.4 is 4.74 Å². The first-order chi connectivity index (χ1) is 18.0. The van der Waals surface area contributed by atoms with Crippen LogP contribution in [0.15, 0.2) is 42.5 Å². The number of halogens is 1. The number of rotatable bonds is 14. The van der Waals surface area contributed by atoms with E-state index < -0.39 is 17.5 Å². The molecule has 4 atom stereocenters. The van der Waals surface area contributed by atoms with Crippen molar-refractivity contribution in [2.24, 2.45) is 0 Å². The van der Waals surface area contributed by atoms with Crippen LogP contribution in [0.25, 0.3) is 0 Å². The molecule has 1 N–H and O–H groups in total. The highest BCUT2D eigenvalue weighted by Crippen LogP contribution is 2.51. The fourth-order valence-electron chi connectivity index (χ4n) is 5.18. The van der Waals surface area contributed by atoms with Crippen LogP contribution in [0.4, 0.5) is 0 Å². The average molecular weight is 533 g/mol. The standard InChI is InChI=1S/C30H41ClO6/c1-4-7-15-34-27-19-30(36-21-29(20-32,37-30)28(27)35-16-8-5-2)24-11-14-26(31)23(18-24)17-22-9-12-25(13-10-22)33-6-3/h9-14,18,27-28,32H,4-8,15-17,19-21H2,1-3H3/t27-,28+,29+,30-/m1/s1. The summed E-state index contributed by atoms with van der Waals surface area (Å²) in [5.74, 6) is -0.173. The lowest BCUT2D eigenvalue weighted by Gasteiger charge is -2.46. The maximum Gasteiger partial charge on any atom is 0.198 e. The molecule has 0 radical (unpaired) electrons. The molecule has 0 unspecified atom stereocenters. The lowest BCUT2D eigenvalue weighted by Crippen LogP contribution is -2.61. The second-order valence-electron chi connectivity index (χ2n) is 10.0. The minimum atomic E-state index is -1.03. The highest BCUT2D eigenvalue weighted by atomic mass is 35.5. The van der Waals surface area contributed by atoms with Crippen molar-refractivity contribution in [1.29, 1.82) is 0 Å². The molecule has 2 saturated heterocycles. The summed E-state index contributed by atoms with van der Waals surface area (Å²) in [6.07, 6.45) is 4.49. The Morgan fingerprint density at radius 1 is 1.00 bits per heavy atom. The first-order valence-corrected chi connectivity index (χ1v) is 14.1. The van der Waals surface area contributed by atoms with Gasteiger partial charge in [-0.25, -0.2) is 0 Å². The number of aliphatic hydroxyl groups excluding tert-OH is 1. The summed E-state index contributed by atoms with van der Waals surface area (Å²) in [4.78, 5) is 0. The maximum absolute atomic E-state index is 10.5. The molecular weight excluding hydrogens is 492 g/mol. The lowest BCUT2D eigenvalue weighted by molar-refractivity contribution is -0.296. The Bertz CT molecular complexity index is 998. The van der Waals surface area contributed by atoms with Crippen LogP contribution >= 0.6 is 11.6 Å². The van der Waals surface area contributed by atoms with Gasteiger partial charge < -0.3 is 28.8 Å². The van der Waals surface area contributed by atoms with Gasteiger partial charge in [-0.15, -0.1) is 0 Å². The van der Waals surface area contributed by atoms with E-state index in [0.29, 0.717) is 37.7 Å². The second-order valence-corrected chi connectivity index (χ2v) is 10.4. The summed E-state index contributed by atoms with van der Waals surface area (Å²) >= 11 is 6.64. The van der Waals surface area contributed by atoms with E-state index in [2.05, 4.69) is 32.0 Å². The molecule has 37 heavy (non-hydrogen) atoms. The molecular formula is C30H41ClO6. The Hall–Kier alpha value is -1.67. The Kier molecular flexibility index (Phi) is 9.90. The summed E-state index contributed by atoms with van der Waals surface area (Å²) < 4.78 is 31.3.